The van der Waals surface area contributed by atoms with Crippen molar-refractivity contribution in [3.8, 4) is 0 Å². The first-order chi connectivity index (χ1) is 7.25. The van der Waals surface area contributed by atoms with Crippen molar-refractivity contribution >= 4 is 17.4 Å². The van der Waals surface area contributed by atoms with Crippen LogP contribution in [0.15, 0.2) is 40.1 Å². The van der Waals surface area contributed by atoms with Gasteiger partial charge in [-0.1, -0.05) is 11.8 Å². The molecule has 0 aromatic carbocycles. The number of nitrogens with two attached hydrogens (primary N) is 1. The van der Waals surface area contributed by atoms with Crippen molar-refractivity contribution in [2.45, 2.75) is 17.7 Å². The molecule has 2 aromatic heterocycles. The molecule has 2 aromatic rings. The highest BCUT2D eigenvalue weighted by molar-refractivity contribution is 7.98. The number of aromatic nitrogens is 1. The summed E-state index contributed by atoms with van der Waals surface area (Å²) in [5, 5.41) is 0.858. The molecule has 0 amide bonds. The van der Waals surface area contributed by atoms with Gasteiger partial charge in [0.2, 0.25) is 0 Å². The molecule has 0 unspecified atom stereocenters. The predicted octanol–water partition coefficient (Wildman–Crippen LogP) is 2.86. The van der Waals surface area contributed by atoms with E-state index in [1.54, 1.807) is 18.0 Å². The number of anilines is 1. The van der Waals surface area contributed by atoms with Gasteiger partial charge >= 0.3 is 0 Å². The third kappa shape index (κ3) is 2.53. The summed E-state index contributed by atoms with van der Waals surface area (Å²) >= 11 is 1.58. The van der Waals surface area contributed by atoms with E-state index in [-0.39, 0.29) is 0 Å². The summed E-state index contributed by atoms with van der Waals surface area (Å²) in [5.41, 5.74) is 7.65. The minimum Gasteiger partial charge on any atom is -0.468 e. The van der Waals surface area contributed by atoms with Crippen molar-refractivity contribution in [2.24, 2.45) is 0 Å². The summed E-state index contributed by atoms with van der Waals surface area (Å²) in [5.74, 6) is 1.69. The molecule has 2 N–H and O–H groups in total. The van der Waals surface area contributed by atoms with Gasteiger partial charge in [-0.2, -0.15) is 0 Å². The number of pyridine rings is 1. The topological polar surface area (TPSA) is 52.0 Å². The van der Waals surface area contributed by atoms with E-state index in [4.69, 9.17) is 10.2 Å². The summed E-state index contributed by atoms with van der Waals surface area (Å²) < 4.78 is 5.23. The second-order valence-electron chi connectivity index (χ2n) is 3.28. The van der Waals surface area contributed by atoms with Crippen LogP contribution in [0.2, 0.25) is 0 Å². The van der Waals surface area contributed by atoms with E-state index in [1.807, 2.05) is 31.3 Å². The van der Waals surface area contributed by atoms with Crippen LogP contribution in [0, 0.1) is 6.92 Å². The lowest BCUT2D eigenvalue weighted by atomic mass is 10.3. The van der Waals surface area contributed by atoms with Gasteiger partial charge < -0.3 is 10.2 Å². The Morgan fingerprint density at radius 2 is 2.40 bits per heavy atom. The highest BCUT2D eigenvalue weighted by Crippen LogP contribution is 2.26. The number of furan rings is 1. The van der Waals surface area contributed by atoms with E-state index < -0.39 is 0 Å². The molecule has 78 valence electrons. The average Bonchev–Trinajstić information content (AvgIpc) is 2.69. The molecule has 2 heterocycles. The summed E-state index contributed by atoms with van der Waals surface area (Å²) in [6.45, 7) is 1.98. The Hall–Kier alpha value is -1.42. The molecule has 0 aliphatic heterocycles. The zero-order chi connectivity index (χ0) is 10.7. The third-order valence-corrected chi connectivity index (χ3v) is 2.99. The van der Waals surface area contributed by atoms with Gasteiger partial charge in [-0.15, -0.1) is 0 Å². The van der Waals surface area contributed by atoms with Crippen LogP contribution in [0.5, 0.6) is 0 Å². The lowest BCUT2D eigenvalue weighted by molar-refractivity contribution is 0.530. The zero-order valence-corrected chi connectivity index (χ0v) is 9.25. The lowest BCUT2D eigenvalue weighted by Gasteiger charge is -2.03. The summed E-state index contributed by atoms with van der Waals surface area (Å²) in [6.07, 6.45) is 3.49. The van der Waals surface area contributed by atoms with Crippen LogP contribution in [-0.4, -0.2) is 4.98 Å². The fourth-order valence-electron chi connectivity index (χ4n) is 1.23. The van der Waals surface area contributed by atoms with Crippen LogP contribution in [0.1, 0.15) is 11.3 Å². The van der Waals surface area contributed by atoms with Gasteiger partial charge in [-0.25, -0.2) is 4.98 Å². The Bertz CT molecular complexity index is 440. The van der Waals surface area contributed by atoms with Crippen molar-refractivity contribution in [2.75, 3.05) is 5.73 Å². The molecule has 0 saturated heterocycles. The van der Waals surface area contributed by atoms with E-state index in [1.165, 1.54) is 0 Å². The van der Waals surface area contributed by atoms with Crippen LogP contribution in [-0.2, 0) is 5.75 Å². The fourth-order valence-corrected chi connectivity index (χ4v) is 2.03. The Kier molecular flexibility index (Phi) is 2.97. The Balaban J connectivity index is 2.05. The van der Waals surface area contributed by atoms with E-state index >= 15 is 0 Å². The molecule has 15 heavy (non-hydrogen) atoms. The van der Waals surface area contributed by atoms with Gasteiger partial charge in [-0.05, 0) is 30.7 Å². The second-order valence-corrected chi connectivity index (χ2v) is 4.24. The largest absolute Gasteiger partial charge is 0.468 e. The molecule has 4 heteroatoms. The van der Waals surface area contributed by atoms with Crippen molar-refractivity contribution in [1.82, 2.24) is 4.98 Å². The summed E-state index contributed by atoms with van der Waals surface area (Å²) in [4.78, 5) is 4.27. The average molecular weight is 220 g/mol. The SMILES string of the molecule is Cc1cnc(SCc2ccco2)c(N)c1. The Morgan fingerprint density at radius 1 is 1.53 bits per heavy atom. The summed E-state index contributed by atoms with van der Waals surface area (Å²) in [6, 6.07) is 5.75. The van der Waals surface area contributed by atoms with Crippen LogP contribution in [0.3, 0.4) is 0 Å². The maximum absolute atomic E-state index is 5.85. The minimum atomic E-state index is 0.728. The standard InChI is InChI=1S/C11H12N2OS/c1-8-5-10(12)11(13-6-8)15-7-9-3-2-4-14-9/h2-6H,7,12H2,1H3. The minimum absolute atomic E-state index is 0.728. The normalized spacial score (nSPS) is 10.5. The van der Waals surface area contributed by atoms with Crippen molar-refractivity contribution in [1.29, 1.82) is 0 Å². The number of rotatable bonds is 3. The zero-order valence-electron chi connectivity index (χ0n) is 8.43. The smallest absolute Gasteiger partial charge is 0.119 e. The highest BCUT2D eigenvalue weighted by Gasteiger charge is 2.03. The second kappa shape index (κ2) is 4.40. The quantitative estimate of drug-likeness (QED) is 0.808. The van der Waals surface area contributed by atoms with Gasteiger partial charge in [0.25, 0.3) is 0 Å². The van der Waals surface area contributed by atoms with Crippen LogP contribution >= 0.6 is 11.8 Å². The molecular weight excluding hydrogens is 208 g/mol. The van der Waals surface area contributed by atoms with Gasteiger partial charge in [-0.3, -0.25) is 0 Å². The van der Waals surface area contributed by atoms with Gasteiger partial charge in [0.1, 0.15) is 10.8 Å². The van der Waals surface area contributed by atoms with Crippen molar-refractivity contribution in [3.63, 3.8) is 0 Å². The first-order valence-corrected chi connectivity index (χ1v) is 5.61. The van der Waals surface area contributed by atoms with Crippen LogP contribution in [0.4, 0.5) is 5.69 Å². The van der Waals surface area contributed by atoms with Crippen LogP contribution in [0.25, 0.3) is 0 Å². The molecule has 0 saturated carbocycles. The highest BCUT2D eigenvalue weighted by atomic mass is 32.2. The number of hydrogen-bond donors (Lipinski definition) is 1. The van der Waals surface area contributed by atoms with E-state index in [9.17, 15) is 0 Å². The van der Waals surface area contributed by atoms with Crippen LogP contribution < -0.4 is 5.73 Å². The molecule has 0 fully saturated rings. The molecule has 0 aliphatic carbocycles. The van der Waals surface area contributed by atoms with Crippen molar-refractivity contribution in [3.05, 3.63) is 42.0 Å². The molecular formula is C11H12N2OS. The predicted molar refractivity (Wildman–Crippen MR) is 61.7 cm³/mol. The van der Waals surface area contributed by atoms with E-state index in [0.29, 0.717) is 0 Å². The molecule has 0 atom stereocenters. The van der Waals surface area contributed by atoms with Gasteiger partial charge in [0.15, 0.2) is 0 Å². The first kappa shape index (κ1) is 10.1. The van der Waals surface area contributed by atoms with Gasteiger partial charge in [0.05, 0.1) is 17.7 Å². The Morgan fingerprint density at radius 3 is 3.07 bits per heavy atom. The maximum atomic E-state index is 5.85. The number of nitrogen functional groups attached to an aromatic ring is 1. The van der Waals surface area contributed by atoms with Gasteiger partial charge in [0, 0.05) is 6.20 Å². The van der Waals surface area contributed by atoms with E-state index in [0.717, 1.165) is 27.8 Å². The number of hydrogen-bond acceptors (Lipinski definition) is 4. The van der Waals surface area contributed by atoms with E-state index in [2.05, 4.69) is 4.98 Å². The molecule has 0 radical (unpaired) electrons. The molecule has 0 spiro atoms. The fraction of sp³-hybridized carbons (Fsp3) is 0.182. The third-order valence-electron chi connectivity index (χ3n) is 1.95. The van der Waals surface area contributed by atoms with Crippen molar-refractivity contribution < 1.29 is 4.42 Å². The molecule has 3 nitrogen and oxygen atoms in total. The monoisotopic (exact) mass is 220 g/mol. The molecule has 0 aliphatic rings. The molecule has 0 bridgehead atoms. The number of aryl methyl sites for hydroxylation is 1. The number of nitrogens with zero attached hydrogens (tertiary/aromatic N) is 1. The molecule has 2 rings (SSSR count). The summed E-state index contributed by atoms with van der Waals surface area (Å²) in [7, 11) is 0. The first-order valence-electron chi connectivity index (χ1n) is 4.63. The Labute approximate surface area is 92.7 Å². The lowest BCUT2D eigenvalue weighted by Crippen LogP contribution is -1.93. The number of thioether (sulfide) groups is 1. The maximum Gasteiger partial charge on any atom is 0.119 e.